The molecule has 0 aliphatic rings. The molecule has 0 saturated heterocycles. The van der Waals surface area contributed by atoms with Crippen LogP contribution >= 0.6 is 0 Å². The molecule has 0 fully saturated rings. The number of anilines is 1. The van der Waals surface area contributed by atoms with Crippen LogP contribution in [0.25, 0.3) is 0 Å². The van der Waals surface area contributed by atoms with Crippen molar-refractivity contribution in [2.24, 2.45) is 0 Å². The van der Waals surface area contributed by atoms with Crippen LogP contribution in [0, 0.1) is 13.8 Å². The first-order valence-electron chi connectivity index (χ1n) is 10.1. The standard InChI is InChI=1S/C24H28N2O4/c1-15(2)20-10-6-7-11-22(20)25-23(27)18(5)30-24(28)21-13-16(3)26(17(21)4)14-19-9-8-12-29-19/h6-13,15,18H,14H2,1-5H3,(H,25,27)/t18-/m1/s1. The lowest BCUT2D eigenvalue weighted by Gasteiger charge is -2.17. The predicted molar refractivity (Wildman–Crippen MR) is 116 cm³/mol. The highest BCUT2D eigenvalue weighted by Gasteiger charge is 2.23. The molecular formula is C24H28N2O4. The van der Waals surface area contributed by atoms with E-state index in [-0.39, 0.29) is 11.8 Å². The smallest absolute Gasteiger partial charge is 0.340 e. The third-order valence-corrected chi connectivity index (χ3v) is 5.18. The number of benzene rings is 1. The van der Waals surface area contributed by atoms with E-state index in [9.17, 15) is 9.59 Å². The number of para-hydroxylation sites is 1. The Morgan fingerprint density at radius 3 is 2.50 bits per heavy atom. The van der Waals surface area contributed by atoms with Gasteiger partial charge in [-0.15, -0.1) is 0 Å². The summed E-state index contributed by atoms with van der Waals surface area (Å²) in [5.74, 6) is 0.182. The van der Waals surface area contributed by atoms with Gasteiger partial charge in [0.25, 0.3) is 5.91 Å². The number of aromatic nitrogens is 1. The second-order valence-corrected chi connectivity index (χ2v) is 7.73. The number of aryl methyl sites for hydroxylation is 1. The summed E-state index contributed by atoms with van der Waals surface area (Å²) in [4.78, 5) is 25.4. The lowest BCUT2D eigenvalue weighted by atomic mass is 10.0. The van der Waals surface area contributed by atoms with Crippen LogP contribution in [-0.2, 0) is 16.1 Å². The third-order valence-electron chi connectivity index (χ3n) is 5.18. The molecule has 1 aromatic carbocycles. The first-order valence-corrected chi connectivity index (χ1v) is 10.1. The third kappa shape index (κ3) is 4.64. The van der Waals surface area contributed by atoms with E-state index >= 15 is 0 Å². The van der Waals surface area contributed by atoms with Crippen LogP contribution in [0.1, 0.15) is 59.8 Å². The van der Waals surface area contributed by atoms with Crippen molar-refractivity contribution in [3.63, 3.8) is 0 Å². The van der Waals surface area contributed by atoms with E-state index in [1.54, 1.807) is 19.3 Å². The maximum Gasteiger partial charge on any atom is 0.340 e. The second-order valence-electron chi connectivity index (χ2n) is 7.73. The predicted octanol–water partition coefficient (Wildman–Crippen LogP) is 5.05. The van der Waals surface area contributed by atoms with Crippen LogP contribution in [0.5, 0.6) is 0 Å². The minimum atomic E-state index is -0.925. The number of rotatable bonds is 7. The number of furan rings is 1. The average molecular weight is 408 g/mol. The molecule has 2 heterocycles. The van der Waals surface area contributed by atoms with Gasteiger partial charge in [-0.2, -0.15) is 0 Å². The molecule has 30 heavy (non-hydrogen) atoms. The van der Waals surface area contributed by atoms with E-state index < -0.39 is 12.1 Å². The number of nitrogens with zero attached hydrogens (tertiary/aromatic N) is 1. The fourth-order valence-corrected chi connectivity index (χ4v) is 3.44. The van der Waals surface area contributed by atoms with Crippen LogP contribution in [0.15, 0.2) is 53.1 Å². The summed E-state index contributed by atoms with van der Waals surface area (Å²) in [5, 5.41) is 2.88. The van der Waals surface area contributed by atoms with Crippen LogP contribution in [0.2, 0.25) is 0 Å². The Morgan fingerprint density at radius 1 is 1.10 bits per heavy atom. The highest BCUT2D eigenvalue weighted by atomic mass is 16.5. The van der Waals surface area contributed by atoms with Crippen molar-refractivity contribution < 1.29 is 18.7 Å². The number of nitrogens with one attached hydrogen (secondary N) is 1. The Labute approximate surface area is 176 Å². The molecule has 0 radical (unpaired) electrons. The number of hydrogen-bond donors (Lipinski definition) is 1. The topological polar surface area (TPSA) is 73.5 Å². The van der Waals surface area contributed by atoms with Gasteiger partial charge in [-0.05, 0) is 56.5 Å². The molecule has 2 aromatic heterocycles. The van der Waals surface area contributed by atoms with Crippen LogP contribution in [0.4, 0.5) is 5.69 Å². The Bertz CT molecular complexity index is 1030. The number of amides is 1. The molecular weight excluding hydrogens is 380 g/mol. The number of carbonyl (C=O) groups is 2. The van der Waals surface area contributed by atoms with Crippen molar-refractivity contribution >= 4 is 17.6 Å². The van der Waals surface area contributed by atoms with E-state index in [1.807, 2.05) is 54.8 Å². The number of ether oxygens (including phenoxy) is 1. The number of carbonyl (C=O) groups excluding carboxylic acids is 2. The number of esters is 1. The van der Waals surface area contributed by atoms with Gasteiger partial charge in [0.05, 0.1) is 18.4 Å². The molecule has 3 aromatic rings. The molecule has 0 aliphatic heterocycles. The number of hydrogen-bond acceptors (Lipinski definition) is 4. The summed E-state index contributed by atoms with van der Waals surface area (Å²) in [6.07, 6.45) is 0.696. The average Bonchev–Trinajstić information content (AvgIpc) is 3.32. The monoisotopic (exact) mass is 408 g/mol. The molecule has 0 unspecified atom stereocenters. The van der Waals surface area contributed by atoms with Crippen molar-refractivity contribution in [1.29, 1.82) is 0 Å². The van der Waals surface area contributed by atoms with E-state index in [4.69, 9.17) is 9.15 Å². The van der Waals surface area contributed by atoms with Gasteiger partial charge in [-0.25, -0.2) is 4.79 Å². The van der Waals surface area contributed by atoms with Crippen molar-refractivity contribution in [3.05, 3.63) is 77.0 Å². The van der Waals surface area contributed by atoms with Gasteiger partial charge in [-0.3, -0.25) is 4.79 Å². The second kappa shape index (κ2) is 9.03. The summed E-state index contributed by atoms with van der Waals surface area (Å²) >= 11 is 0. The quantitative estimate of drug-likeness (QED) is 0.555. The Morgan fingerprint density at radius 2 is 1.83 bits per heavy atom. The molecule has 3 rings (SSSR count). The minimum Gasteiger partial charge on any atom is -0.467 e. The normalized spacial score (nSPS) is 12.1. The van der Waals surface area contributed by atoms with Crippen LogP contribution in [-0.4, -0.2) is 22.5 Å². The zero-order valence-corrected chi connectivity index (χ0v) is 18.1. The van der Waals surface area contributed by atoms with Gasteiger partial charge in [0.15, 0.2) is 6.10 Å². The van der Waals surface area contributed by atoms with E-state index in [1.165, 1.54) is 0 Å². The summed E-state index contributed by atoms with van der Waals surface area (Å²) in [6.45, 7) is 10.0. The summed E-state index contributed by atoms with van der Waals surface area (Å²) < 4.78 is 12.9. The molecule has 0 aliphatic carbocycles. The van der Waals surface area contributed by atoms with Gasteiger partial charge >= 0.3 is 5.97 Å². The molecule has 158 valence electrons. The Hall–Kier alpha value is -3.28. The summed E-state index contributed by atoms with van der Waals surface area (Å²) in [5.41, 5.74) is 3.90. The van der Waals surface area contributed by atoms with E-state index in [2.05, 4.69) is 19.2 Å². The van der Waals surface area contributed by atoms with Gasteiger partial charge in [0.1, 0.15) is 5.76 Å². The summed E-state index contributed by atoms with van der Waals surface area (Å²) in [6, 6.07) is 13.1. The zero-order chi connectivity index (χ0) is 21.8. The van der Waals surface area contributed by atoms with E-state index in [0.29, 0.717) is 12.1 Å². The highest BCUT2D eigenvalue weighted by Crippen LogP contribution is 2.24. The lowest BCUT2D eigenvalue weighted by molar-refractivity contribution is -0.123. The van der Waals surface area contributed by atoms with Crippen LogP contribution < -0.4 is 5.32 Å². The first-order chi connectivity index (χ1) is 14.3. The van der Waals surface area contributed by atoms with Crippen LogP contribution in [0.3, 0.4) is 0 Å². The first kappa shape index (κ1) is 21.4. The Kier molecular flexibility index (Phi) is 6.45. The fraction of sp³-hybridized carbons (Fsp3) is 0.333. The zero-order valence-electron chi connectivity index (χ0n) is 18.1. The SMILES string of the molecule is Cc1cc(C(=O)O[C@H](C)C(=O)Nc2ccccc2C(C)C)c(C)n1Cc1ccco1. The maximum absolute atomic E-state index is 12.7. The molecule has 1 N–H and O–H groups in total. The van der Waals surface area contributed by atoms with Gasteiger partial charge < -0.3 is 19.0 Å². The molecule has 1 amide bonds. The maximum atomic E-state index is 12.7. The van der Waals surface area contributed by atoms with Crippen molar-refractivity contribution in [3.8, 4) is 0 Å². The molecule has 6 heteroatoms. The molecule has 0 spiro atoms. The lowest BCUT2D eigenvalue weighted by Crippen LogP contribution is -2.30. The largest absolute Gasteiger partial charge is 0.467 e. The molecule has 6 nitrogen and oxygen atoms in total. The van der Waals surface area contributed by atoms with Gasteiger partial charge in [-0.1, -0.05) is 32.0 Å². The van der Waals surface area contributed by atoms with E-state index in [0.717, 1.165) is 28.4 Å². The van der Waals surface area contributed by atoms with Crippen molar-refractivity contribution in [2.45, 2.75) is 53.2 Å². The molecule has 0 bridgehead atoms. The van der Waals surface area contributed by atoms with Gasteiger partial charge in [0, 0.05) is 17.1 Å². The van der Waals surface area contributed by atoms with Crippen molar-refractivity contribution in [2.75, 3.05) is 5.32 Å². The molecule has 1 atom stereocenters. The highest BCUT2D eigenvalue weighted by molar-refractivity contribution is 5.98. The van der Waals surface area contributed by atoms with Crippen molar-refractivity contribution in [1.82, 2.24) is 4.57 Å². The minimum absolute atomic E-state index is 0.263. The molecule has 0 saturated carbocycles. The van der Waals surface area contributed by atoms with Gasteiger partial charge in [0.2, 0.25) is 0 Å². The fourth-order valence-electron chi connectivity index (χ4n) is 3.44. The summed E-state index contributed by atoms with van der Waals surface area (Å²) in [7, 11) is 0. The Balaban J connectivity index is 1.69.